The van der Waals surface area contributed by atoms with Crippen LogP contribution in [0.5, 0.6) is 0 Å². The van der Waals surface area contributed by atoms with Crippen molar-refractivity contribution in [2.24, 2.45) is 0 Å². The number of H-pyrrole nitrogens is 1. The lowest BCUT2D eigenvalue weighted by molar-refractivity contribution is -0.384. The van der Waals surface area contributed by atoms with Crippen LogP contribution >= 0.6 is 22.6 Å². The quantitative estimate of drug-likeness (QED) is 0.311. The summed E-state index contributed by atoms with van der Waals surface area (Å²) in [6.07, 6.45) is 0. The highest BCUT2D eigenvalue weighted by Gasteiger charge is 2.28. The summed E-state index contributed by atoms with van der Waals surface area (Å²) in [6.45, 7) is 0. The van der Waals surface area contributed by atoms with E-state index < -0.39 is 44.9 Å². The number of hydrogen-bond acceptors (Lipinski definition) is 6. The zero-order valence-corrected chi connectivity index (χ0v) is 13.7. The average Bonchev–Trinajstić information content (AvgIpc) is 2.45. The van der Waals surface area contributed by atoms with E-state index in [-0.39, 0.29) is 14.8 Å². The topological polar surface area (TPSA) is 177 Å². The molecule has 10 nitrogen and oxygen atoms in total. The number of non-ortho nitro benzene ring substituents is 1. The van der Waals surface area contributed by atoms with Gasteiger partial charge in [-0.05, 0) is 34.2 Å². The fourth-order valence-electron chi connectivity index (χ4n) is 2.14. The van der Waals surface area contributed by atoms with Crippen molar-refractivity contribution in [1.29, 1.82) is 0 Å². The van der Waals surface area contributed by atoms with Crippen LogP contribution < -0.4 is 11.3 Å². The number of benzene rings is 1. The van der Waals surface area contributed by atoms with Gasteiger partial charge in [0.05, 0.1) is 4.92 Å². The number of anilines is 1. The fraction of sp³-hybridized carbons (Fsp3) is 0. The van der Waals surface area contributed by atoms with Crippen LogP contribution in [0.2, 0.25) is 0 Å². The first kappa shape index (κ1) is 17.4. The molecule has 2 aromatic rings. The summed E-state index contributed by atoms with van der Waals surface area (Å²) in [5, 5.41) is 29.4. The molecule has 0 saturated heterocycles. The Morgan fingerprint density at radius 2 is 1.79 bits per heavy atom. The highest BCUT2D eigenvalue weighted by molar-refractivity contribution is 14.1. The van der Waals surface area contributed by atoms with Crippen LogP contribution in [0.25, 0.3) is 11.1 Å². The summed E-state index contributed by atoms with van der Waals surface area (Å²) in [4.78, 5) is 46.9. The predicted molar refractivity (Wildman–Crippen MR) is 90.2 cm³/mol. The van der Waals surface area contributed by atoms with Gasteiger partial charge in [-0.15, -0.1) is 0 Å². The Morgan fingerprint density at radius 1 is 1.21 bits per heavy atom. The number of aromatic amines is 1. The van der Waals surface area contributed by atoms with Crippen molar-refractivity contribution in [2.45, 2.75) is 0 Å². The molecule has 24 heavy (non-hydrogen) atoms. The van der Waals surface area contributed by atoms with E-state index >= 15 is 0 Å². The molecule has 0 atom stereocenters. The van der Waals surface area contributed by atoms with E-state index in [2.05, 4.69) is 0 Å². The molecular weight excluding hydrogens is 437 g/mol. The van der Waals surface area contributed by atoms with E-state index in [9.17, 15) is 34.7 Å². The molecule has 0 bridgehead atoms. The van der Waals surface area contributed by atoms with Gasteiger partial charge in [0.25, 0.3) is 11.2 Å². The lowest BCUT2D eigenvalue weighted by atomic mass is 9.95. The number of nitro benzene ring substituents is 1. The molecule has 0 aliphatic heterocycles. The number of halogens is 1. The number of nitrogens with one attached hydrogen (secondary N) is 1. The van der Waals surface area contributed by atoms with Crippen molar-refractivity contribution in [3.63, 3.8) is 0 Å². The molecule has 0 radical (unpaired) electrons. The van der Waals surface area contributed by atoms with E-state index in [1.54, 1.807) is 22.6 Å². The fourth-order valence-corrected chi connectivity index (χ4v) is 2.90. The molecule has 1 aromatic heterocycles. The van der Waals surface area contributed by atoms with E-state index in [1.165, 1.54) is 6.07 Å². The van der Waals surface area contributed by atoms with Crippen molar-refractivity contribution in [3.8, 4) is 11.1 Å². The highest BCUT2D eigenvalue weighted by atomic mass is 127. The number of nitrogens with zero attached hydrogens (tertiary/aromatic N) is 1. The van der Waals surface area contributed by atoms with Gasteiger partial charge in [-0.2, -0.15) is 0 Å². The van der Waals surface area contributed by atoms with Gasteiger partial charge in [0.1, 0.15) is 16.9 Å². The third-order valence-corrected chi connectivity index (χ3v) is 4.00. The van der Waals surface area contributed by atoms with Crippen LogP contribution in [0.15, 0.2) is 23.0 Å². The lowest BCUT2D eigenvalue weighted by Crippen LogP contribution is -2.24. The predicted octanol–water partition coefficient (Wildman–Crippen LogP) is 1.53. The number of pyridine rings is 1. The van der Waals surface area contributed by atoms with E-state index in [1.807, 2.05) is 4.98 Å². The van der Waals surface area contributed by atoms with Crippen LogP contribution in [0, 0.1) is 13.7 Å². The molecular formula is C13H8IN3O7. The minimum Gasteiger partial charge on any atom is -0.478 e. The third-order valence-electron chi connectivity index (χ3n) is 3.11. The largest absolute Gasteiger partial charge is 0.478 e. The SMILES string of the molecule is Nc1[nH]c(=O)c(C(=O)O)c(-c2ccc([N+](=O)[O-])cc2I)c1C(=O)O. The number of aromatic carboxylic acids is 2. The Morgan fingerprint density at radius 3 is 2.25 bits per heavy atom. The molecule has 0 aliphatic rings. The molecule has 0 unspecified atom stereocenters. The molecule has 1 heterocycles. The molecule has 0 amide bonds. The normalized spacial score (nSPS) is 10.4. The van der Waals surface area contributed by atoms with Gasteiger partial charge < -0.3 is 20.9 Å². The molecule has 11 heteroatoms. The van der Waals surface area contributed by atoms with Crippen LogP contribution in [-0.2, 0) is 0 Å². The van der Waals surface area contributed by atoms with Crippen LogP contribution in [0.1, 0.15) is 20.7 Å². The molecule has 0 spiro atoms. The Bertz CT molecular complexity index is 951. The van der Waals surface area contributed by atoms with E-state index in [0.29, 0.717) is 0 Å². The highest BCUT2D eigenvalue weighted by Crippen LogP contribution is 2.34. The van der Waals surface area contributed by atoms with Crippen molar-refractivity contribution in [1.82, 2.24) is 4.98 Å². The molecule has 5 N–H and O–H groups in total. The van der Waals surface area contributed by atoms with Crippen molar-refractivity contribution >= 4 is 46.0 Å². The van der Waals surface area contributed by atoms with Crippen molar-refractivity contribution in [2.75, 3.05) is 5.73 Å². The molecule has 0 fully saturated rings. The maximum absolute atomic E-state index is 11.9. The number of carboxylic acids is 2. The van der Waals surface area contributed by atoms with Gasteiger partial charge in [0.2, 0.25) is 0 Å². The zero-order chi connectivity index (χ0) is 18.2. The standard InChI is InChI=1S/C13H8IN3O7/c14-6-3-4(17(23)24)1-2-5(6)7-8(12(19)20)10(15)16-11(18)9(7)13(21)22/h1-3H,(H,19,20)(H,21,22)(H3,15,16,18). The van der Waals surface area contributed by atoms with E-state index in [0.717, 1.165) is 12.1 Å². The average molecular weight is 445 g/mol. The minimum absolute atomic E-state index is 0.0359. The number of carbonyl (C=O) groups is 2. The minimum atomic E-state index is -1.65. The maximum Gasteiger partial charge on any atom is 0.342 e. The summed E-state index contributed by atoms with van der Waals surface area (Å²) in [6, 6.07) is 3.38. The first-order valence-electron chi connectivity index (χ1n) is 6.11. The molecule has 124 valence electrons. The molecule has 1 aromatic carbocycles. The Labute approximate surface area is 146 Å². The Kier molecular flexibility index (Phi) is 4.54. The Balaban J connectivity index is 2.97. The lowest BCUT2D eigenvalue weighted by Gasteiger charge is -2.13. The second kappa shape index (κ2) is 6.27. The van der Waals surface area contributed by atoms with Crippen molar-refractivity contribution < 1.29 is 24.7 Å². The second-order valence-electron chi connectivity index (χ2n) is 4.52. The van der Waals surface area contributed by atoms with Gasteiger partial charge in [-0.3, -0.25) is 14.9 Å². The number of hydrogen-bond donors (Lipinski definition) is 4. The number of rotatable bonds is 4. The summed E-state index contributed by atoms with van der Waals surface area (Å²) in [5.41, 5.74) is 2.39. The summed E-state index contributed by atoms with van der Waals surface area (Å²) in [7, 11) is 0. The van der Waals surface area contributed by atoms with Crippen molar-refractivity contribution in [3.05, 3.63) is 53.4 Å². The number of aromatic nitrogens is 1. The Hall–Kier alpha value is -2.96. The zero-order valence-electron chi connectivity index (χ0n) is 11.6. The number of nitrogen functional groups attached to an aromatic ring is 1. The first-order valence-corrected chi connectivity index (χ1v) is 7.19. The summed E-state index contributed by atoms with van der Waals surface area (Å²) in [5.74, 6) is -3.71. The number of carboxylic acid groups (broad SMARTS) is 2. The monoisotopic (exact) mass is 445 g/mol. The molecule has 0 aliphatic carbocycles. The third kappa shape index (κ3) is 2.92. The van der Waals surface area contributed by atoms with Crippen LogP contribution in [0.3, 0.4) is 0 Å². The first-order chi connectivity index (χ1) is 11.1. The van der Waals surface area contributed by atoms with Gasteiger partial charge in [0.15, 0.2) is 0 Å². The molecule has 2 rings (SSSR count). The molecule has 0 saturated carbocycles. The number of nitrogens with two attached hydrogens (primary N) is 1. The van der Waals surface area contributed by atoms with E-state index in [4.69, 9.17) is 5.73 Å². The number of nitro groups is 1. The van der Waals surface area contributed by atoms with Gasteiger partial charge in [-0.25, -0.2) is 9.59 Å². The second-order valence-corrected chi connectivity index (χ2v) is 5.69. The smallest absolute Gasteiger partial charge is 0.342 e. The summed E-state index contributed by atoms with van der Waals surface area (Å²) < 4.78 is 0.191. The van der Waals surface area contributed by atoms with Crippen LogP contribution in [0.4, 0.5) is 11.5 Å². The maximum atomic E-state index is 11.9. The summed E-state index contributed by atoms with van der Waals surface area (Å²) >= 11 is 1.68. The van der Waals surface area contributed by atoms with Crippen LogP contribution in [-0.4, -0.2) is 32.1 Å². The van der Waals surface area contributed by atoms with Gasteiger partial charge in [-0.1, -0.05) is 0 Å². The van der Waals surface area contributed by atoms with Gasteiger partial charge in [0, 0.05) is 21.3 Å². The van der Waals surface area contributed by atoms with Gasteiger partial charge >= 0.3 is 11.9 Å².